The van der Waals surface area contributed by atoms with E-state index in [9.17, 15) is 18.0 Å². The molecule has 4 aromatic carbocycles. The maximum Gasteiger partial charge on any atom is 0.264 e. The molecule has 0 saturated heterocycles. The van der Waals surface area contributed by atoms with Gasteiger partial charge in [0.15, 0.2) is 11.5 Å². The van der Waals surface area contributed by atoms with E-state index in [1.807, 2.05) is 82.3 Å². The summed E-state index contributed by atoms with van der Waals surface area (Å²) in [7, 11) is -1.42. The summed E-state index contributed by atoms with van der Waals surface area (Å²) in [5, 5.41) is 2.98. The number of hydrogen-bond acceptors (Lipinski definition) is 6. The third-order valence-corrected chi connectivity index (χ3v) is 9.62. The first-order valence-electron chi connectivity index (χ1n) is 15.4. The molecule has 1 atom stereocenters. The number of carbonyl (C=O) groups is 2. The van der Waals surface area contributed by atoms with Crippen molar-refractivity contribution in [2.75, 3.05) is 25.1 Å². The lowest BCUT2D eigenvalue weighted by molar-refractivity contribution is -0.140. The molecular weight excluding hydrogens is 614 g/mol. The average Bonchev–Trinajstić information content (AvgIpc) is 3.06. The van der Waals surface area contributed by atoms with Crippen molar-refractivity contribution >= 4 is 27.5 Å². The van der Waals surface area contributed by atoms with Crippen molar-refractivity contribution in [2.45, 2.75) is 57.6 Å². The number of nitrogens with zero attached hydrogens (tertiary/aromatic N) is 2. The van der Waals surface area contributed by atoms with Gasteiger partial charge in [-0.15, -0.1) is 0 Å². The van der Waals surface area contributed by atoms with Gasteiger partial charge in [-0.2, -0.15) is 0 Å². The standard InChI is InChI=1S/C37H43N3O6S/c1-26(2)38-37(42)33(22-29-13-8-7-9-14-29)39(24-30-15-11-10-12-28(30)4)36(41)25-40(31-18-16-27(3)17-19-31)47(43,44)32-20-21-34(45-5)35(23-32)46-6/h7-21,23,26,33H,22,24-25H2,1-6H3,(H,38,42)/t33-/m1/s1. The Balaban J connectivity index is 1.83. The monoisotopic (exact) mass is 657 g/mol. The molecule has 0 heterocycles. The van der Waals surface area contributed by atoms with Crippen molar-refractivity contribution in [3.8, 4) is 11.5 Å². The molecule has 0 spiro atoms. The predicted octanol–water partition coefficient (Wildman–Crippen LogP) is 5.68. The number of aryl methyl sites for hydroxylation is 2. The molecule has 2 amide bonds. The van der Waals surface area contributed by atoms with E-state index in [1.165, 1.54) is 37.3 Å². The molecule has 4 aromatic rings. The number of methoxy groups -OCH3 is 2. The van der Waals surface area contributed by atoms with Crippen LogP contribution in [0.15, 0.2) is 102 Å². The van der Waals surface area contributed by atoms with Gasteiger partial charge < -0.3 is 19.7 Å². The Bertz CT molecular complexity index is 1780. The number of sulfonamides is 1. The molecule has 0 unspecified atom stereocenters. The fourth-order valence-electron chi connectivity index (χ4n) is 5.25. The van der Waals surface area contributed by atoms with Gasteiger partial charge in [0.2, 0.25) is 11.8 Å². The van der Waals surface area contributed by atoms with E-state index in [0.717, 1.165) is 26.6 Å². The maximum atomic E-state index is 14.6. The Morgan fingerprint density at radius 2 is 1.45 bits per heavy atom. The normalized spacial score (nSPS) is 11.9. The molecular formula is C37H43N3O6S. The van der Waals surface area contributed by atoms with Gasteiger partial charge in [-0.05, 0) is 68.7 Å². The third kappa shape index (κ3) is 8.71. The molecule has 0 saturated carbocycles. The van der Waals surface area contributed by atoms with Gasteiger partial charge >= 0.3 is 0 Å². The second-order valence-corrected chi connectivity index (χ2v) is 13.5. The Labute approximate surface area is 278 Å². The van der Waals surface area contributed by atoms with Crippen LogP contribution in [0.4, 0.5) is 5.69 Å². The van der Waals surface area contributed by atoms with Crippen LogP contribution in [0.5, 0.6) is 11.5 Å². The van der Waals surface area contributed by atoms with Gasteiger partial charge in [-0.1, -0.05) is 72.3 Å². The van der Waals surface area contributed by atoms with Crippen LogP contribution in [-0.2, 0) is 32.6 Å². The summed E-state index contributed by atoms with van der Waals surface area (Å²) in [5.41, 5.74) is 3.90. The van der Waals surface area contributed by atoms with Gasteiger partial charge in [-0.3, -0.25) is 13.9 Å². The number of nitrogens with one attached hydrogen (secondary N) is 1. The van der Waals surface area contributed by atoms with Crippen LogP contribution < -0.4 is 19.1 Å². The second-order valence-electron chi connectivity index (χ2n) is 11.7. The predicted molar refractivity (Wildman–Crippen MR) is 184 cm³/mol. The molecule has 0 bridgehead atoms. The molecule has 4 rings (SSSR count). The van der Waals surface area contributed by atoms with E-state index < -0.39 is 28.5 Å². The van der Waals surface area contributed by atoms with Crippen molar-refractivity contribution in [1.29, 1.82) is 0 Å². The lowest BCUT2D eigenvalue weighted by atomic mass is 10.0. The van der Waals surface area contributed by atoms with Crippen molar-refractivity contribution in [3.05, 3.63) is 119 Å². The minimum Gasteiger partial charge on any atom is -0.493 e. The summed E-state index contributed by atoms with van der Waals surface area (Å²) in [4.78, 5) is 29.9. The second kappa shape index (κ2) is 15.6. The number of rotatable bonds is 14. The van der Waals surface area contributed by atoms with Gasteiger partial charge in [0, 0.05) is 25.1 Å². The molecule has 0 aliphatic heterocycles. The molecule has 0 aliphatic carbocycles. The van der Waals surface area contributed by atoms with Crippen LogP contribution in [0.3, 0.4) is 0 Å². The summed E-state index contributed by atoms with van der Waals surface area (Å²) in [6, 6.07) is 27.2. The third-order valence-electron chi connectivity index (χ3n) is 7.85. The number of hydrogen-bond donors (Lipinski definition) is 1. The van der Waals surface area contributed by atoms with Crippen molar-refractivity contribution in [2.24, 2.45) is 0 Å². The first-order chi connectivity index (χ1) is 22.4. The van der Waals surface area contributed by atoms with Gasteiger partial charge in [-0.25, -0.2) is 8.42 Å². The zero-order valence-corrected chi connectivity index (χ0v) is 28.6. The lowest BCUT2D eigenvalue weighted by Gasteiger charge is -2.34. The highest BCUT2D eigenvalue weighted by atomic mass is 32.2. The van der Waals surface area contributed by atoms with Crippen LogP contribution in [0.1, 0.15) is 36.1 Å². The van der Waals surface area contributed by atoms with E-state index in [1.54, 1.807) is 24.3 Å². The van der Waals surface area contributed by atoms with Crippen LogP contribution in [0, 0.1) is 13.8 Å². The minimum atomic E-state index is -4.31. The Hall–Kier alpha value is -4.83. The average molecular weight is 658 g/mol. The first kappa shape index (κ1) is 35.0. The minimum absolute atomic E-state index is 0.0765. The first-order valence-corrected chi connectivity index (χ1v) is 16.9. The van der Waals surface area contributed by atoms with Crippen LogP contribution in [-0.4, -0.2) is 58.0 Å². The van der Waals surface area contributed by atoms with Crippen molar-refractivity contribution in [1.82, 2.24) is 10.2 Å². The van der Waals surface area contributed by atoms with Crippen LogP contribution in [0.2, 0.25) is 0 Å². The SMILES string of the molecule is COc1ccc(S(=O)(=O)N(CC(=O)N(Cc2ccccc2C)[C@H](Cc2ccccc2)C(=O)NC(C)C)c2ccc(C)cc2)cc1OC. The summed E-state index contributed by atoms with van der Waals surface area (Å²) in [6.07, 6.45) is 0.240. The fourth-order valence-corrected chi connectivity index (χ4v) is 6.68. The van der Waals surface area contributed by atoms with Gasteiger partial charge in [0.1, 0.15) is 12.6 Å². The fraction of sp³-hybridized carbons (Fsp3) is 0.297. The number of carbonyl (C=O) groups excluding carboxylic acids is 2. The molecule has 248 valence electrons. The smallest absolute Gasteiger partial charge is 0.264 e. The lowest BCUT2D eigenvalue weighted by Crippen LogP contribution is -2.54. The highest BCUT2D eigenvalue weighted by molar-refractivity contribution is 7.92. The van der Waals surface area contributed by atoms with Crippen molar-refractivity contribution < 1.29 is 27.5 Å². The van der Waals surface area contributed by atoms with E-state index in [4.69, 9.17) is 9.47 Å². The molecule has 0 aliphatic rings. The molecule has 0 radical (unpaired) electrons. The van der Waals surface area contributed by atoms with E-state index in [-0.39, 0.29) is 35.6 Å². The highest BCUT2D eigenvalue weighted by Gasteiger charge is 2.35. The van der Waals surface area contributed by atoms with E-state index >= 15 is 0 Å². The topological polar surface area (TPSA) is 105 Å². The summed E-state index contributed by atoms with van der Waals surface area (Å²) in [5.74, 6) is -0.250. The molecule has 9 nitrogen and oxygen atoms in total. The van der Waals surface area contributed by atoms with Crippen LogP contribution in [0.25, 0.3) is 0 Å². The van der Waals surface area contributed by atoms with Crippen molar-refractivity contribution in [3.63, 3.8) is 0 Å². The quantitative estimate of drug-likeness (QED) is 0.187. The number of benzene rings is 4. The maximum absolute atomic E-state index is 14.6. The van der Waals surface area contributed by atoms with E-state index in [2.05, 4.69) is 5.32 Å². The van der Waals surface area contributed by atoms with E-state index in [0.29, 0.717) is 11.4 Å². The van der Waals surface area contributed by atoms with Crippen LogP contribution >= 0.6 is 0 Å². The zero-order chi connectivity index (χ0) is 34.1. The number of ether oxygens (including phenoxy) is 2. The Morgan fingerprint density at radius 3 is 2.06 bits per heavy atom. The molecule has 10 heteroatoms. The highest BCUT2D eigenvalue weighted by Crippen LogP contribution is 2.32. The largest absolute Gasteiger partial charge is 0.493 e. The Kier molecular flexibility index (Phi) is 11.7. The number of anilines is 1. The van der Waals surface area contributed by atoms with Gasteiger partial charge in [0.05, 0.1) is 24.8 Å². The molecule has 1 N–H and O–H groups in total. The summed E-state index contributed by atoms with van der Waals surface area (Å²) < 4.78 is 40.5. The molecule has 47 heavy (non-hydrogen) atoms. The molecule has 0 aromatic heterocycles. The number of amides is 2. The molecule has 0 fully saturated rings. The zero-order valence-electron chi connectivity index (χ0n) is 27.8. The van der Waals surface area contributed by atoms with Gasteiger partial charge in [0.25, 0.3) is 10.0 Å². The Morgan fingerprint density at radius 1 is 0.809 bits per heavy atom. The summed E-state index contributed by atoms with van der Waals surface area (Å²) >= 11 is 0. The summed E-state index contributed by atoms with van der Waals surface area (Å²) in [6.45, 7) is 7.12.